The van der Waals surface area contributed by atoms with Crippen LogP contribution in [0.4, 0.5) is 0 Å². The minimum absolute atomic E-state index is 0.0289. The van der Waals surface area contributed by atoms with Crippen molar-refractivity contribution in [2.45, 2.75) is 11.6 Å². The molecule has 44 valence electrons. The minimum Gasteiger partial charge on any atom is -0.390 e. The lowest BCUT2D eigenvalue weighted by atomic mass is 10.5. The molecule has 0 amide bonds. The van der Waals surface area contributed by atoms with Gasteiger partial charge in [0.25, 0.3) is 0 Å². The number of H-pyrrole nitrogens is 1. The normalized spacial score (nSPS) is 9.75. The molecule has 1 aromatic rings. The Morgan fingerprint density at radius 1 is 1.88 bits per heavy atom. The van der Waals surface area contributed by atoms with Gasteiger partial charge in [-0.05, 0) is 0 Å². The molecule has 4 heteroatoms. The lowest BCUT2D eigenvalue weighted by Crippen LogP contribution is -1.81. The molecule has 8 heavy (non-hydrogen) atoms. The van der Waals surface area contributed by atoms with Crippen LogP contribution in [0.5, 0.6) is 0 Å². The van der Waals surface area contributed by atoms with Crippen LogP contribution in [0, 0.1) is 0 Å². The van der Waals surface area contributed by atoms with E-state index in [0.29, 0.717) is 10.7 Å². The molecular formula is C4H6N2OS. The van der Waals surface area contributed by atoms with Crippen LogP contribution in [-0.2, 0) is 6.61 Å². The summed E-state index contributed by atoms with van der Waals surface area (Å²) in [5.74, 6) is 0. The van der Waals surface area contributed by atoms with Gasteiger partial charge in [-0.25, -0.2) is 4.98 Å². The molecule has 0 radical (unpaired) electrons. The van der Waals surface area contributed by atoms with Crippen LogP contribution in [0.15, 0.2) is 11.4 Å². The number of imidazole rings is 1. The van der Waals surface area contributed by atoms with Crippen LogP contribution in [0.25, 0.3) is 0 Å². The van der Waals surface area contributed by atoms with E-state index in [1.165, 1.54) is 6.33 Å². The maximum Gasteiger partial charge on any atom is 0.116 e. The summed E-state index contributed by atoms with van der Waals surface area (Å²) in [4.78, 5) is 6.45. The Balaban J connectivity index is 2.92. The van der Waals surface area contributed by atoms with Crippen LogP contribution >= 0.6 is 12.6 Å². The molecule has 0 aliphatic carbocycles. The van der Waals surface area contributed by atoms with Gasteiger partial charge in [0, 0.05) is 0 Å². The number of rotatable bonds is 1. The van der Waals surface area contributed by atoms with E-state index in [4.69, 9.17) is 5.11 Å². The molecule has 0 spiro atoms. The Bertz CT molecular complexity index is 174. The third-order valence-electron chi connectivity index (χ3n) is 0.854. The predicted molar refractivity (Wildman–Crippen MR) is 31.8 cm³/mol. The molecule has 1 heterocycles. The van der Waals surface area contributed by atoms with Gasteiger partial charge in [-0.1, -0.05) is 0 Å². The average molecular weight is 130 g/mol. The monoisotopic (exact) mass is 130 g/mol. The Hall–Kier alpha value is -0.480. The van der Waals surface area contributed by atoms with Gasteiger partial charge in [-0.15, -0.1) is 12.6 Å². The van der Waals surface area contributed by atoms with Gasteiger partial charge in [-0.3, -0.25) is 0 Å². The first-order chi connectivity index (χ1) is 3.84. The molecule has 1 aromatic heterocycles. The molecule has 2 N–H and O–H groups in total. The van der Waals surface area contributed by atoms with Gasteiger partial charge in [-0.2, -0.15) is 0 Å². The van der Waals surface area contributed by atoms with Gasteiger partial charge in [0.1, 0.15) is 5.03 Å². The molecule has 0 saturated heterocycles. The molecule has 0 unspecified atom stereocenters. The number of hydrogen-bond donors (Lipinski definition) is 3. The SMILES string of the molecule is OCc1[nH]cnc1S. The number of nitrogens with one attached hydrogen (secondary N) is 1. The minimum atomic E-state index is -0.0289. The van der Waals surface area contributed by atoms with E-state index in [-0.39, 0.29) is 6.61 Å². The Morgan fingerprint density at radius 2 is 2.62 bits per heavy atom. The highest BCUT2D eigenvalue weighted by Gasteiger charge is 1.95. The Kier molecular flexibility index (Phi) is 1.55. The van der Waals surface area contributed by atoms with Crippen LogP contribution in [0.3, 0.4) is 0 Å². The van der Waals surface area contributed by atoms with Gasteiger partial charge in [0.05, 0.1) is 18.6 Å². The molecule has 1 rings (SSSR count). The first-order valence-electron chi connectivity index (χ1n) is 2.16. The van der Waals surface area contributed by atoms with Crippen LogP contribution in [-0.4, -0.2) is 15.1 Å². The van der Waals surface area contributed by atoms with Crippen molar-refractivity contribution in [3.05, 3.63) is 12.0 Å². The quantitative estimate of drug-likeness (QED) is 0.475. The summed E-state index contributed by atoms with van der Waals surface area (Å²) >= 11 is 3.93. The topological polar surface area (TPSA) is 48.9 Å². The summed E-state index contributed by atoms with van der Waals surface area (Å²) in [6.07, 6.45) is 1.49. The predicted octanol–water partition coefficient (Wildman–Crippen LogP) is 0.191. The number of hydrogen-bond acceptors (Lipinski definition) is 3. The van der Waals surface area contributed by atoms with E-state index in [9.17, 15) is 0 Å². The summed E-state index contributed by atoms with van der Waals surface area (Å²) in [5, 5.41) is 9.05. The van der Waals surface area contributed by atoms with E-state index in [1.807, 2.05) is 0 Å². The first-order valence-corrected chi connectivity index (χ1v) is 2.61. The maximum absolute atomic E-state index is 8.49. The summed E-state index contributed by atoms with van der Waals surface area (Å²) in [7, 11) is 0. The number of aliphatic hydroxyl groups excluding tert-OH is 1. The third kappa shape index (κ3) is 0.850. The number of thiol groups is 1. The summed E-state index contributed by atoms with van der Waals surface area (Å²) < 4.78 is 0. The van der Waals surface area contributed by atoms with Gasteiger partial charge >= 0.3 is 0 Å². The van der Waals surface area contributed by atoms with E-state index in [1.54, 1.807) is 0 Å². The molecule has 0 bridgehead atoms. The largest absolute Gasteiger partial charge is 0.390 e. The van der Waals surface area contributed by atoms with E-state index in [2.05, 4.69) is 22.6 Å². The third-order valence-corrected chi connectivity index (χ3v) is 1.24. The molecule has 0 aliphatic rings. The lowest BCUT2D eigenvalue weighted by Gasteiger charge is -1.85. The fourth-order valence-electron chi connectivity index (χ4n) is 0.430. The number of aliphatic hydroxyl groups is 1. The molecule has 3 nitrogen and oxygen atoms in total. The number of aromatic nitrogens is 2. The van der Waals surface area contributed by atoms with Crippen LogP contribution in [0.2, 0.25) is 0 Å². The Labute approximate surface area is 52.2 Å². The number of aromatic amines is 1. The zero-order chi connectivity index (χ0) is 5.98. The molecule has 0 aliphatic heterocycles. The van der Waals surface area contributed by atoms with Crippen molar-refractivity contribution < 1.29 is 5.11 Å². The second-order valence-electron chi connectivity index (χ2n) is 1.36. The zero-order valence-corrected chi connectivity index (χ0v) is 5.02. The Morgan fingerprint density at radius 3 is 2.88 bits per heavy atom. The van der Waals surface area contributed by atoms with Gasteiger partial charge < -0.3 is 10.1 Å². The first kappa shape index (κ1) is 5.65. The van der Waals surface area contributed by atoms with E-state index >= 15 is 0 Å². The standard InChI is InChI=1S/C4H6N2OS/c7-1-3-4(8)6-2-5-3/h2,7-8H,1H2,(H,5,6). The zero-order valence-electron chi connectivity index (χ0n) is 4.13. The van der Waals surface area contributed by atoms with Crippen molar-refractivity contribution >= 4 is 12.6 Å². The van der Waals surface area contributed by atoms with Gasteiger partial charge in [0.2, 0.25) is 0 Å². The molecule has 0 atom stereocenters. The van der Waals surface area contributed by atoms with Crippen LogP contribution < -0.4 is 0 Å². The van der Waals surface area contributed by atoms with E-state index in [0.717, 1.165) is 0 Å². The summed E-state index contributed by atoms with van der Waals surface area (Å²) in [6.45, 7) is -0.0289. The van der Waals surface area contributed by atoms with Crippen molar-refractivity contribution in [1.82, 2.24) is 9.97 Å². The maximum atomic E-state index is 8.49. The molecule has 0 saturated carbocycles. The molecule has 0 fully saturated rings. The van der Waals surface area contributed by atoms with Crippen molar-refractivity contribution in [3.63, 3.8) is 0 Å². The lowest BCUT2D eigenvalue weighted by molar-refractivity contribution is 0.274. The van der Waals surface area contributed by atoms with Gasteiger partial charge in [0.15, 0.2) is 0 Å². The summed E-state index contributed by atoms with van der Waals surface area (Å²) in [6, 6.07) is 0. The van der Waals surface area contributed by atoms with Crippen molar-refractivity contribution in [1.29, 1.82) is 0 Å². The van der Waals surface area contributed by atoms with Crippen molar-refractivity contribution in [2.24, 2.45) is 0 Å². The highest BCUT2D eigenvalue weighted by atomic mass is 32.1. The fraction of sp³-hybridized carbons (Fsp3) is 0.250. The second-order valence-corrected chi connectivity index (χ2v) is 1.79. The fourth-order valence-corrected chi connectivity index (χ4v) is 0.623. The number of nitrogens with zero attached hydrogens (tertiary/aromatic N) is 1. The van der Waals surface area contributed by atoms with Crippen molar-refractivity contribution in [2.75, 3.05) is 0 Å². The smallest absolute Gasteiger partial charge is 0.116 e. The van der Waals surface area contributed by atoms with Crippen LogP contribution in [0.1, 0.15) is 5.69 Å². The highest BCUT2D eigenvalue weighted by Crippen LogP contribution is 2.05. The summed E-state index contributed by atoms with van der Waals surface area (Å²) in [5.41, 5.74) is 0.660. The van der Waals surface area contributed by atoms with E-state index < -0.39 is 0 Å². The molecule has 0 aromatic carbocycles. The van der Waals surface area contributed by atoms with Crippen molar-refractivity contribution in [3.8, 4) is 0 Å². The second kappa shape index (κ2) is 2.19. The average Bonchev–Trinajstić information content (AvgIpc) is 2.14. The highest BCUT2D eigenvalue weighted by molar-refractivity contribution is 7.80. The molecular weight excluding hydrogens is 124 g/mol.